The third-order valence-corrected chi connectivity index (χ3v) is 8.39. The summed E-state index contributed by atoms with van der Waals surface area (Å²) in [6.45, 7) is 0.822. The van der Waals surface area contributed by atoms with E-state index in [-0.39, 0.29) is 0 Å². The number of alkyl halides is 1. The zero-order valence-corrected chi connectivity index (χ0v) is 19.5. The van der Waals surface area contributed by atoms with Crippen LogP contribution in [0.4, 0.5) is 4.39 Å². The quantitative estimate of drug-likeness (QED) is 0.123. The molecule has 1 aliphatic rings. The summed E-state index contributed by atoms with van der Waals surface area (Å²) in [5.74, 6) is -3.64. The molecule has 2 unspecified atom stereocenters. The lowest BCUT2D eigenvalue weighted by Gasteiger charge is -2.39. The fourth-order valence-corrected chi connectivity index (χ4v) is 6.27. The van der Waals surface area contributed by atoms with Gasteiger partial charge in [0, 0.05) is 12.3 Å². The Labute approximate surface area is 184 Å². The van der Waals surface area contributed by atoms with E-state index >= 15 is 4.39 Å². The van der Waals surface area contributed by atoms with Crippen molar-refractivity contribution in [3.63, 3.8) is 0 Å². The minimum atomic E-state index is -5.94. The van der Waals surface area contributed by atoms with Gasteiger partial charge in [0.25, 0.3) is 11.4 Å². The molecule has 0 bridgehead atoms. The number of aliphatic hydroxyl groups is 2. The van der Waals surface area contributed by atoms with Gasteiger partial charge < -0.3 is 34.5 Å². The van der Waals surface area contributed by atoms with Crippen molar-refractivity contribution in [2.24, 2.45) is 0 Å². The van der Waals surface area contributed by atoms with Crippen molar-refractivity contribution >= 4 is 39.2 Å². The predicted octanol–water partition coefficient (Wildman–Crippen LogP) is -3.89. The van der Waals surface area contributed by atoms with Crippen LogP contribution >= 0.6 is 23.5 Å². The molecule has 1 aromatic rings. The number of nitrogens with one attached hydrogen (secondary N) is 1. The van der Waals surface area contributed by atoms with Crippen LogP contribution in [0.25, 0.3) is 0 Å². The molecule has 17 nitrogen and oxygen atoms in total. The second kappa shape index (κ2) is 8.60. The van der Waals surface area contributed by atoms with E-state index in [1.54, 1.807) is 4.98 Å². The van der Waals surface area contributed by atoms with Crippen LogP contribution in [-0.4, -0.2) is 78.0 Å². The van der Waals surface area contributed by atoms with E-state index in [4.69, 9.17) is 14.5 Å². The lowest BCUT2D eigenvalue weighted by molar-refractivity contribution is -0.228. The standard InChI is InChI=1S/C10H18B2FN2O15P3/c1-8(19)5(17)9(13,27-6(8)15-3-2-4(16)14-7(15)18)10(11,12)28-32(23,24)30-33(25,26)29-31(20,21)22/h2-3,5-6,17,19H,11-12H2,1H3,(H,23,24)(H,25,26)(H,14,16,18)(H2,20,21,22)/t5-,6+,8+,9-/m0/s1. The van der Waals surface area contributed by atoms with E-state index in [9.17, 15) is 43.3 Å². The maximum absolute atomic E-state index is 15.8. The molecule has 2 heterocycles. The van der Waals surface area contributed by atoms with E-state index in [1.165, 1.54) is 0 Å². The Morgan fingerprint density at radius 2 is 1.73 bits per heavy atom. The Bertz CT molecular complexity index is 1180. The molecule has 6 atom stereocenters. The van der Waals surface area contributed by atoms with E-state index in [1.807, 2.05) is 0 Å². The van der Waals surface area contributed by atoms with Gasteiger partial charge in [0.2, 0.25) is 0 Å². The number of phosphoric ester groups is 1. The van der Waals surface area contributed by atoms with Crippen LogP contribution in [0, 0.1) is 0 Å². The number of hydrogen-bond donors (Lipinski definition) is 7. The third kappa shape index (κ3) is 6.00. The first kappa shape index (κ1) is 28.3. The van der Waals surface area contributed by atoms with Crippen molar-refractivity contribution in [1.82, 2.24) is 9.55 Å². The van der Waals surface area contributed by atoms with Gasteiger partial charge in [-0.15, -0.1) is 0 Å². The molecule has 1 saturated heterocycles. The topological polar surface area (TPSA) is 264 Å². The average Bonchev–Trinajstić information content (AvgIpc) is 2.72. The molecule has 0 amide bonds. The molecule has 0 spiro atoms. The normalized spacial score (nSPS) is 32.2. The zero-order chi connectivity index (χ0) is 25.8. The fraction of sp³-hybridized carbons (Fsp3) is 0.600. The van der Waals surface area contributed by atoms with E-state index in [2.05, 4.69) is 13.1 Å². The number of phosphoric acid groups is 3. The molecular formula is C10H18B2FN2O15P3. The first-order valence-electron chi connectivity index (χ1n) is 8.46. The molecule has 7 N–H and O–H groups in total. The van der Waals surface area contributed by atoms with Crippen molar-refractivity contribution in [1.29, 1.82) is 0 Å². The fourth-order valence-electron chi connectivity index (χ4n) is 2.93. The highest BCUT2D eigenvalue weighted by Gasteiger charge is 2.70. The number of hydrogen-bond acceptors (Lipinski definition) is 11. The Morgan fingerprint density at radius 1 is 1.18 bits per heavy atom. The first-order valence-corrected chi connectivity index (χ1v) is 13.0. The van der Waals surface area contributed by atoms with E-state index in [0.717, 1.165) is 19.2 Å². The maximum Gasteiger partial charge on any atom is 0.490 e. The molecule has 0 saturated carbocycles. The Hall–Kier alpha value is -0.970. The summed E-state index contributed by atoms with van der Waals surface area (Å²) in [5, 5.41) is 18.2. The second-order valence-electron chi connectivity index (χ2n) is 7.45. The van der Waals surface area contributed by atoms with Crippen LogP contribution < -0.4 is 11.2 Å². The summed E-state index contributed by atoms with van der Waals surface area (Å²) in [6, 6.07) is 0.808. The molecule has 33 heavy (non-hydrogen) atoms. The number of aromatic amines is 1. The number of ether oxygens (including phenoxy) is 1. The SMILES string of the molecule is BC(B)(OP(=O)(O)OP(=O)(O)OP(=O)(O)O)[C@@]1(F)O[C@@H](n2ccc(=O)[nH]c2=O)[C@](C)(O)[C@@H]1O. The predicted molar refractivity (Wildman–Crippen MR) is 107 cm³/mol. The van der Waals surface area contributed by atoms with Crippen molar-refractivity contribution in [3.8, 4) is 0 Å². The molecular weight excluding hydrogens is 522 g/mol. The van der Waals surface area contributed by atoms with Gasteiger partial charge in [-0.3, -0.25) is 18.9 Å². The van der Waals surface area contributed by atoms with E-state index < -0.39 is 63.9 Å². The smallest absolute Gasteiger partial charge is 0.384 e. The van der Waals surface area contributed by atoms with Crippen LogP contribution in [0.3, 0.4) is 0 Å². The van der Waals surface area contributed by atoms with Crippen LogP contribution in [0.5, 0.6) is 0 Å². The molecule has 23 heteroatoms. The maximum atomic E-state index is 15.8. The minimum absolute atomic E-state index is 0.493. The van der Waals surface area contributed by atoms with Gasteiger partial charge in [0.05, 0.1) is 5.40 Å². The summed E-state index contributed by atoms with van der Waals surface area (Å²) < 4.78 is 67.1. The number of rotatable bonds is 8. The summed E-state index contributed by atoms with van der Waals surface area (Å²) in [6.07, 6.45) is -3.85. The van der Waals surface area contributed by atoms with Crippen molar-refractivity contribution in [2.45, 2.75) is 36.1 Å². The lowest BCUT2D eigenvalue weighted by Crippen LogP contribution is -2.62. The van der Waals surface area contributed by atoms with Crippen LogP contribution in [0.15, 0.2) is 21.9 Å². The number of H-pyrrole nitrogens is 1. The van der Waals surface area contributed by atoms with E-state index in [0.29, 0.717) is 20.3 Å². The zero-order valence-electron chi connectivity index (χ0n) is 16.8. The summed E-state index contributed by atoms with van der Waals surface area (Å²) in [5.41, 5.74) is -4.67. The minimum Gasteiger partial charge on any atom is -0.384 e. The summed E-state index contributed by atoms with van der Waals surface area (Å²) >= 11 is 0. The Morgan fingerprint density at radius 3 is 2.21 bits per heavy atom. The second-order valence-corrected chi connectivity index (χ2v) is 11.8. The highest BCUT2D eigenvalue weighted by Crippen LogP contribution is 2.67. The lowest BCUT2D eigenvalue weighted by atomic mass is 9.59. The van der Waals surface area contributed by atoms with Gasteiger partial charge in [0.1, 0.15) is 27.4 Å². The monoisotopic (exact) mass is 540 g/mol. The molecule has 0 aliphatic carbocycles. The van der Waals surface area contributed by atoms with Crippen LogP contribution in [0.2, 0.25) is 0 Å². The summed E-state index contributed by atoms with van der Waals surface area (Å²) in [7, 11) is -16.2. The number of aromatic nitrogens is 2. The highest BCUT2D eigenvalue weighted by atomic mass is 31.3. The van der Waals surface area contributed by atoms with Crippen molar-refractivity contribution < 1.29 is 65.8 Å². The van der Waals surface area contributed by atoms with Gasteiger partial charge in [-0.2, -0.15) is 8.62 Å². The van der Waals surface area contributed by atoms with Gasteiger partial charge in [-0.25, -0.2) is 22.9 Å². The van der Waals surface area contributed by atoms with Gasteiger partial charge in [0.15, 0.2) is 6.23 Å². The van der Waals surface area contributed by atoms with Gasteiger partial charge in [-0.1, -0.05) is 0 Å². The Kier molecular flexibility index (Phi) is 7.37. The van der Waals surface area contributed by atoms with Crippen molar-refractivity contribution in [3.05, 3.63) is 33.1 Å². The molecule has 1 aromatic heterocycles. The Balaban J connectivity index is 2.40. The first-order chi connectivity index (χ1) is 14.5. The summed E-state index contributed by atoms with van der Waals surface area (Å²) in [4.78, 5) is 61.1. The third-order valence-electron chi connectivity index (χ3n) is 4.37. The van der Waals surface area contributed by atoms with Crippen LogP contribution in [-0.2, 0) is 31.6 Å². The molecule has 1 fully saturated rings. The number of nitrogens with zero attached hydrogens (tertiary/aromatic N) is 1. The average molecular weight is 540 g/mol. The largest absolute Gasteiger partial charge is 0.490 e. The molecule has 0 radical (unpaired) electrons. The number of halogens is 1. The molecule has 1 aliphatic heterocycles. The molecule has 2 rings (SSSR count). The molecule has 0 aromatic carbocycles. The van der Waals surface area contributed by atoms with Crippen molar-refractivity contribution in [2.75, 3.05) is 0 Å². The van der Waals surface area contributed by atoms with Gasteiger partial charge in [-0.05, 0) is 6.92 Å². The van der Waals surface area contributed by atoms with Crippen LogP contribution in [0.1, 0.15) is 13.2 Å². The number of aliphatic hydroxyl groups excluding tert-OH is 1. The molecule has 186 valence electrons. The highest BCUT2D eigenvalue weighted by molar-refractivity contribution is 7.66. The van der Waals surface area contributed by atoms with Gasteiger partial charge >= 0.3 is 29.2 Å².